The minimum atomic E-state index is -0.437. The highest BCUT2D eigenvalue weighted by Crippen LogP contribution is 2.23. The maximum Gasteiger partial charge on any atom is 0.417 e. The Hall–Kier alpha value is -2.24. The predicted molar refractivity (Wildman–Crippen MR) is 85.1 cm³/mol. The lowest BCUT2D eigenvalue weighted by molar-refractivity contribution is -0.139. The van der Waals surface area contributed by atoms with Gasteiger partial charge in [-0.25, -0.2) is 4.79 Å². The van der Waals surface area contributed by atoms with Crippen molar-refractivity contribution in [3.05, 3.63) is 28.7 Å². The van der Waals surface area contributed by atoms with Crippen LogP contribution in [0.4, 0.5) is 5.69 Å². The maximum atomic E-state index is 12.3. The number of carbonyl (C=O) groups is 1. The largest absolute Gasteiger partial charge is 0.417 e. The van der Waals surface area contributed by atoms with E-state index in [1.807, 2.05) is 37.8 Å². The Labute approximate surface area is 128 Å². The van der Waals surface area contributed by atoms with E-state index in [0.717, 1.165) is 31.9 Å². The fourth-order valence-corrected chi connectivity index (χ4v) is 2.78. The molecule has 0 bridgehead atoms. The lowest BCUT2D eigenvalue weighted by Gasteiger charge is -2.38. The summed E-state index contributed by atoms with van der Waals surface area (Å²) in [5.74, 6) is -0.241. The van der Waals surface area contributed by atoms with Crippen LogP contribution in [0.5, 0.6) is 0 Å². The number of hydrogen-bond donors (Lipinski definition) is 1. The van der Waals surface area contributed by atoms with Crippen LogP contribution in [0.15, 0.2) is 27.4 Å². The van der Waals surface area contributed by atoms with Crippen LogP contribution >= 0.6 is 0 Å². The summed E-state index contributed by atoms with van der Waals surface area (Å²) >= 11 is 0. The summed E-state index contributed by atoms with van der Waals surface area (Å²) < 4.78 is 5.01. The second-order valence-corrected chi connectivity index (χ2v) is 6.72. The molecule has 0 atom stereocenters. The summed E-state index contributed by atoms with van der Waals surface area (Å²) in [5.41, 5.74) is 1.97. The zero-order valence-electron chi connectivity index (χ0n) is 13.2. The second-order valence-electron chi connectivity index (χ2n) is 6.72. The maximum absolute atomic E-state index is 12.3. The molecule has 6 heteroatoms. The lowest BCUT2D eigenvalue weighted by Crippen LogP contribution is -2.51. The molecule has 1 N–H and O–H groups in total. The van der Waals surface area contributed by atoms with Gasteiger partial charge in [-0.2, -0.15) is 0 Å². The Morgan fingerprint density at radius 2 is 1.86 bits per heavy atom. The van der Waals surface area contributed by atoms with Crippen LogP contribution in [0, 0.1) is 5.41 Å². The second kappa shape index (κ2) is 5.19. The molecule has 1 aromatic heterocycles. The quantitative estimate of drug-likeness (QED) is 0.872. The van der Waals surface area contributed by atoms with Gasteiger partial charge in [-0.3, -0.25) is 9.78 Å². The average Bonchev–Trinajstić information content (AvgIpc) is 2.84. The van der Waals surface area contributed by atoms with Crippen molar-refractivity contribution in [1.82, 2.24) is 9.88 Å². The average molecular weight is 303 g/mol. The summed E-state index contributed by atoms with van der Waals surface area (Å²) in [6.07, 6.45) is 0. The number of anilines is 1. The molecule has 1 fully saturated rings. The van der Waals surface area contributed by atoms with Crippen LogP contribution in [0.25, 0.3) is 11.1 Å². The molecule has 118 valence electrons. The molecule has 1 amide bonds. The summed E-state index contributed by atoms with van der Waals surface area (Å²) in [6.45, 7) is 8.86. The van der Waals surface area contributed by atoms with Gasteiger partial charge in [0.15, 0.2) is 5.58 Å². The molecule has 0 unspecified atom stereocenters. The molecule has 0 radical (unpaired) electrons. The normalized spacial score (nSPS) is 16.3. The van der Waals surface area contributed by atoms with Gasteiger partial charge in [-0.05, 0) is 18.2 Å². The molecule has 0 spiro atoms. The Balaban J connectivity index is 1.72. The molecular formula is C16H21N3O3. The number of aromatic nitrogens is 1. The molecule has 22 heavy (non-hydrogen) atoms. The Bertz CT molecular complexity index is 746. The zero-order valence-corrected chi connectivity index (χ0v) is 13.2. The van der Waals surface area contributed by atoms with Crippen LogP contribution in [-0.2, 0) is 4.79 Å². The Morgan fingerprint density at radius 1 is 1.18 bits per heavy atom. The number of oxazole rings is 1. The Kier molecular flexibility index (Phi) is 3.47. The first-order valence-electron chi connectivity index (χ1n) is 7.52. The third-order valence-electron chi connectivity index (χ3n) is 3.98. The van der Waals surface area contributed by atoms with Crippen LogP contribution in [0.2, 0.25) is 0 Å². The number of fused-ring (bicyclic) bond motifs is 1. The number of hydrogen-bond acceptors (Lipinski definition) is 4. The molecule has 1 aliphatic heterocycles. The summed E-state index contributed by atoms with van der Waals surface area (Å²) in [7, 11) is 0. The number of carbonyl (C=O) groups excluding carboxylic acids is 1. The lowest BCUT2D eigenvalue weighted by atomic mass is 9.94. The van der Waals surface area contributed by atoms with Crippen LogP contribution in [-0.4, -0.2) is 42.0 Å². The molecule has 2 heterocycles. The minimum absolute atomic E-state index is 0.196. The van der Waals surface area contributed by atoms with E-state index in [9.17, 15) is 9.59 Å². The smallest absolute Gasteiger partial charge is 0.408 e. The molecule has 6 nitrogen and oxygen atoms in total. The van der Waals surface area contributed by atoms with E-state index in [4.69, 9.17) is 4.42 Å². The number of nitrogens with one attached hydrogen (secondary N) is 1. The van der Waals surface area contributed by atoms with Crippen molar-refractivity contribution in [1.29, 1.82) is 0 Å². The van der Waals surface area contributed by atoms with Gasteiger partial charge in [-0.1, -0.05) is 20.8 Å². The van der Waals surface area contributed by atoms with Gasteiger partial charge >= 0.3 is 5.76 Å². The van der Waals surface area contributed by atoms with Gasteiger partial charge in [0, 0.05) is 37.3 Å². The molecule has 0 aliphatic carbocycles. The van der Waals surface area contributed by atoms with Crippen molar-refractivity contribution in [3.8, 4) is 0 Å². The van der Waals surface area contributed by atoms with Crippen molar-refractivity contribution in [3.63, 3.8) is 0 Å². The SMILES string of the molecule is CC(C)(C)C(=O)N1CCN(c2ccc3oc(=O)[nH]c3c2)CC1. The van der Waals surface area contributed by atoms with E-state index in [1.54, 1.807) is 6.07 Å². The standard InChI is InChI=1S/C16H21N3O3/c1-16(2,3)14(20)19-8-6-18(7-9-19)11-4-5-13-12(10-11)17-15(21)22-13/h4-5,10H,6-9H2,1-3H3,(H,17,21). The molecule has 1 aromatic carbocycles. The zero-order chi connectivity index (χ0) is 15.9. The predicted octanol–water partition coefficient (Wildman–Crippen LogP) is 1.82. The number of amides is 1. The number of rotatable bonds is 1. The number of piperazine rings is 1. The molecule has 1 aliphatic rings. The van der Waals surface area contributed by atoms with Gasteiger partial charge in [0.2, 0.25) is 5.91 Å². The molecule has 0 saturated carbocycles. The Morgan fingerprint density at radius 3 is 2.50 bits per heavy atom. The van der Waals surface area contributed by atoms with E-state index in [-0.39, 0.29) is 11.3 Å². The minimum Gasteiger partial charge on any atom is -0.408 e. The number of H-pyrrole nitrogens is 1. The van der Waals surface area contributed by atoms with Crippen molar-refractivity contribution in [2.24, 2.45) is 5.41 Å². The van der Waals surface area contributed by atoms with Crippen LogP contribution in [0.1, 0.15) is 20.8 Å². The highest BCUT2D eigenvalue weighted by molar-refractivity contribution is 5.82. The molecule has 2 aromatic rings. The van der Waals surface area contributed by atoms with E-state index < -0.39 is 5.76 Å². The van der Waals surface area contributed by atoms with E-state index >= 15 is 0 Å². The fourth-order valence-electron chi connectivity index (χ4n) is 2.78. The first-order chi connectivity index (χ1) is 10.3. The number of nitrogens with zero attached hydrogens (tertiary/aromatic N) is 2. The first-order valence-corrected chi connectivity index (χ1v) is 7.52. The first kappa shape index (κ1) is 14.7. The van der Waals surface area contributed by atoms with Gasteiger partial charge in [-0.15, -0.1) is 0 Å². The van der Waals surface area contributed by atoms with Crippen molar-refractivity contribution in [2.45, 2.75) is 20.8 Å². The highest BCUT2D eigenvalue weighted by atomic mass is 16.4. The summed E-state index contributed by atoms with van der Waals surface area (Å²) in [5, 5.41) is 0. The van der Waals surface area contributed by atoms with Gasteiger partial charge in [0.25, 0.3) is 0 Å². The van der Waals surface area contributed by atoms with Crippen LogP contribution < -0.4 is 10.7 Å². The third-order valence-corrected chi connectivity index (χ3v) is 3.98. The van der Waals surface area contributed by atoms with E-state index in [2.05, 4.69) is 9.88 Å². The fraction of sp³-hybridized carbons (Fsp3) is 0.500. The van der Waals surface area contributed by atoms with Crippen molar-refractivity contribution < 1.29 is 9.21 Å². The highest BCUT2D eigenvalue weighted by Gasteiger charge is 2.29. The number of aromatic amines is 1. The van der Waals surface area contributed by atoms with Gasteiger partial charge in [0.05, 0.1) is 5.52 Å². The van der Waals surface area contributed by atoms with E-state index in [1.165, 1.54) is 0 Å². The number of benzene rings is 1. The summed E-state index contributed by atoms with van der Waals surface area (Å²) in [6, 6.07) is 5.66. The molecule has 1 saturated heterocycles. The molecular weight excluding hydrogens is 282 g/mol. The topological polar surface area (TPSA) is 69.6 Å². The van der Waals surface area contributed by atoms with Gasteiger partial charge in [0.1, 0.15) is 0 Å². The third kappa shape index (κ3) is 2.73. The van der Waals surface area contributed by atoms with Crippen LogP contribution in [0.3, 0.4) is 0 Å². The summed E-state index contributed by atoms with van der Waals surface area (Å²) in [4.78, 5) is 30.3. The van der Waals surface area contributed by atoms with Crippen molar-refractivity contribution in [2.75, 3.05) is 31.1 Å². The monoisotopic (exact) mass is 303 g/mol. The molecule has 3 rings (SSSR count). The van der Waals surface area contributed by atoms with E-state index in [0.29, 0.717) is 11.1 Å². The van der Waals surface area contributed by atoms with Crippen molar-refractivity contribution >= 4 is 22.7 Å². The van der Waals surface area contributed by atoms with Gasteiger partial charge < -0.3 is 14.2 Å².